The van der Waals surface area contributed by atoms with Gasteiger partial charge in [-0.2, -0.15) is 0 Å². The zero-order valence-electron chi connectivity index (χ0n) is 16.9. The van der Waals surface area contributed by atoms with Crippen LogP contribution in [0.2, 0.25) is 0 Å². The first-order chi connectivity index (χ1) is 14.0. The maximum Gasteiger partial charge on any atom is 0.322 e. The van der Waals surface area contributed by atoms with E-state index in [2.05, 4.69) is 15.8 Å². The summed E-state index contributed by atoms with van der Waals surface area (Å²) in [5.74, 6) is 1.70. The number of amides is 3. The summed E-state index contributed by atoms with van der Waals surface area (Å²) in [6.45, 7) is 2.24. The molecular formula is C21H28N4O4. The first-order valence-corrected chi connectivity index (χ1v) is 9.96. The standard InChI is InChI=1S/C21H28N4O4/c1-15-11-19(24-29-15)23-20(26)14-25(13-16-7-4-3-5-8-16)21(27)22-17-9-6-10-18(12-17)28-2/h6,9-12,16H,3-5,7-8,13-14H2,1-2H3,(H,22,27)(H,23,24,26). The summed E-state index contributed by atoms with van der Waals surface area (Å²) < 4.78 is 10.2. The molecule has 3 amide bonds. The van der Waals surface area contributed by atoms with Gasteiger partial charge in [0, 0.05) is 24.4 Å². The number of urea groups is 1. The smallest absolute Gasteiger partial charge is 0.322 e. The minimum Gasteiger partial charge on any atom is -0.497 e. The summed E-state index contributed by atoms with van der Waals surface area (Å²) >= 11 is 0. The molecule has 0 aliphatic heterocycles. The van der Waals surface area contributed by atoms with Gasteiger partial charge in [-0.15, -0.1) is 0 Å². The van der Waals surface area contributed by atoms with Gasteiger partial charge in [0.2, 0.25) is 5.91 Å². The first kappa shape index (κ1) is 20.7. The Kier molecular flexibility index (Phi) is 7.10. The van der Waals surface area contributed by atoms with E-state index in [1.165, 1.54) is 19.3 Å². The minimum atomic E-state index is -0.310. The van der Waals surface area contributed by atoms with Gasteiger partial charge in [0.15, 0.2) is 5.82 Å². The highest BCUT2D eigenvalue weighted by molar-refractivity contribution is 5.96. The number of aromatic nitrogens is 1. The van der Waals surface area contributed by atoms with Crippen LogP contribution in [0, 0.1) is 12.8 Å². The lowest BCUT2D eigenvalue weighted by Crippen LogP contribution is -2.43. The van der Waals surface area contributed by atoms with Gasteiger partial charge in [-0.1, -0.05) is 30.5 Å². The van der Waals surface area contributed by atoms with Crippen molar-refractivity contribution in [2.24, 2.45) is 5.92 Å². The SMILES string of the molecule is COc1cccc(NC(=O)N(CC(=O)Nc2cc(C)on2)CC2CCCCC2)c1. The van der Waals surface area contributed by atoms with E-state index in [1.807, 2.05) is 6.07 Å². The molecule has 1 aromatic heterocycles. The Labute approximate surface area is 170 Å². The Balaban J connectivity index is 1.66. The normalized spacial score (nSPS) is 14.3. The van der Waals surface area contributed by atoms with Gasteiger partial charge >= 0.3 is 6.03 Å². The van der Waals surface area contributed by atoms with Crippen molar-refractivity contribution in [2.45, 2.75) is 39.0 Å². The average Bonchev–Trinajstić information content (AvgIpc) is 3.12. The number of ether oxygens (including phenoxy) is 1. The molecule has 29 heavy (non-hydrogen) atoms. The molecule has 0 radical (unpaired) electrons. The summed E-state index contributed by atoms with van der Waals surface area (Å²) in [5, 5.41) is 9.32. The van der Waals surface area contributed by atoms with E-state index in [0.29, 0.717) is 35.5 Å². The highest BCUT2D eigenvalue weighted by atomic mass is 16.5. The summed E-state index contributed by atoms with van der Waals surface area (Å²) in [6, 6.07) is 8.48. The number of anilines is 2. The van der Waals surface area contributed by atoms with Crippen LogP contribution < -0.4 is 15.4 Å². The monoisotopic (exact) mass is 400 g/mol. The third-order valence-electron chi connectivity index (χ3n) is 5.04. The molecule has 0 atom stereocenters. The fourth-order valence-corrected chi connectivity index (χ4v) is 3.59. The second-order valence-corrected chi connectivity index (χ2v) is 7.42. The van der Waals surface area contributed by atoms with Gasteiger partial charge in [0.25, 0.3) is 0 Å². The summed E-state index contributed by atoms with van der Waals surface area (Å²) in [5.41, 5.74) is 0.621. The number of benzene rings is 1. The van der Waals surface area contributed by atoms with Gasteiger partial charge in [0.05, 0.1) is 7.11 Å². The van der Waals surface area contributed by atoms with Crippen LogP contribution in [0.3, 0.4) is 0 Å². The van der Waals surface area contributed by atoms with Crippen LogP contribution in [0.5, 0.6) is 5.75 Å². The summed E-state index contributed by atoms with van der Waals surface area (Å²) in [6.07, 6.45) is 5.72. The molecule has 1 aliphatic carbocycles. The number of hydrogen-bond acceptors (Lipinski definition) is 5. The predicted molar refractivity (Wildman–Crippen MR) is 110 cm³/mol. The van der Waals surface area contributed by atoms with E-state index in [9.17, 15) is 9.59 Å². The van der Waals surface area contributed by atoms with Crippen molar-refractivity contribution in [1.82, 2.24) is 10.1 Å². The second-order valence-electron chi connectivity index (χ2n) is 7.42. The van der Waals surface area contributed by atoms with Crippen LogP contribution in [0.25, 0.3) is 0 Å². The van der Waals surface area contributed by atoms with Gasteiger partial charge in [-0.3, -0.25) is 4.79 Å². The maximum absolute atomic E-state index is 12.9. The van der Waals surface area contributed by atoms with Crippen molar-refractivity contribution in [2.75, 3.05) is 30.8 Å². The molecule has 0 bridgehead atoms. The number of carbonyl (C=O) groups is 2. The summed E-state index contributed by atoms with van der Waals surface area (Å²) in [4.78, 5) is 27.0. The number of methoxy groups -OCH3 is 1. The Morgan fingerprint density at radius 2 is 2.00 bits per heavy atom. The lowest BCUT2D eigenvalue weighted by atomic mass is 9.89. The fourth-order valence-electron chi connectivity index (χ4n) is 3.59. The van der Waals surface area contributed by atoms with Crippen molar-refractivity contribution in [1.29, 1.82) is 0 Å². The van der Waals surface area contributed by atoms with Crippen molar-refractivity contribution < 1.29 is 18.8 Å². The van der Waals surface area contributed by atoms with Crippen LogP contribution in [-0.2, 0) is 4.79 Å². The van der Waals surface area contributed by atoms with Gasteiger partial charge in [-0.05, 0) is 37.8 Å². The van der Waals surface area contributed by atoms with E-state index in [0.717, 1.165) is 12.8 Å². The number of carbonyl (C=O) groups excluding carboxylic acids is 2. The van der Waals surface area contributed by atoms with Crippen LogP contribution in [0.1, 0.15) is 37.9 Å². The molecule has 1 heterocycles. The van der Waals surface area contributed by atoms with Gasteiger partial charge in [-0.25, -0.2) is 4.79 Å². The lowest BCUT2D eigenvalue weighted by Gasteiger charge is -2.29. The second kappa shape index (κ2) is 9.95. The molecule has 2 aromatic rings. The topological polar surface area (TPSA) is 96.7 Å². The Morgan fingerprint density at radius 1 is 1.21 bits per heavy atom. The van der Waals surface area contributed by atoms with Crippen LogP contribution in [0.4, 0.5) is 16.3 Å². The van der Waals surface area contributed by atoms with E-state index < -0.39 is 0 Å². The van der Waals surface area contributed by atoms with Gasteiger partial charge in [0.1, 0.15) is 18.1 Å². The van der Waals surface area contributed by atoms with Crippen molar-refractivity contribution >= 4 is 23.4 Å². The van der Waals surface area contributed by atoms with Crippen LogP contribution in [-0.4, -0.2) is 42.2 Å². The highest BCUT2D eigenvalue weighted by Gasteiger charge is 2.23. The fraction of sp³-hybridized carbons (Fsp3) is 0.476. The number of nitrogens with zero attached hydrogens (tertiary/aromatic N) is 2. The molecule has 1 saturated carbocycles. The quantitative estimate of drug-likeness (QED) is 0.731. The Morgan fingerprint density at radius 3 is 2.69 bits per heavy atom. The minimum absolute atomic E-state index is 0.0573. The third-order valence-corrected chi connectivity index (χ3v) is 5.04. The van der Waals surface area contributed by atoms with E-state index in [-0.39, 0.29) is 18.5 Å². The molecule has 2 N–H and O–H groups in total. The van der Waals surface area contributed by atoms with E-state index >= 15 is 0 Å². The molecule has 1 aliphatic rings. The third kappa shape index (κ3) is 6.23. The van der Waals surface area contributed by atoms with Crippen LogP contribution in [0.15, 0.2) is 34.9 Å². The number of hydrogen-bond donors (Lipinski definition) is 2. The molecule has 8 nitrogen and oxygen atoms in total. The van der Waals surface area contributed by atoms with Crippen LogP contribution >= 0.6 is 0 Å². The number of rotatable bonds is 7. The molecule has 1 aromatic carbocycles. The van der Waals surface area contributed by atoms with Gasteiger partial charge < -0.3 is 24.8 Å². The zero-order valence-corrected chi connectivity index (χ0v) is 16.9. The van der Waals surface area contributed by atoms with Crippen molar-refractivity contribution in [3.63, 3.8) is 0 Å². The van der Waals surface area contributed by atoms with E-state index in [4.69, 9.17) is 9.26 Å². The maximum atomic E-state index is 12.9. The highest BCUT2D eigenvalue weighted by Crippen LogP contribution is 2.25. The molecule has 156 valence electrons. The molecule has 0 unspecified atom stereocenters. The van der Waals surface area contributed by atoms with Crippen molar-refractivity contribution in [3.8, 4) is 5.75 Å². The average molecular weight is 400 g/mol. The molecule has 8 heteroatoms. The summed E-state index contributed by atoms with van der Waals surface area (Å²) in [7, 11) is 1.58. The van der Waals surface area contributed by atoms with E-state index in [1.54, 1.807) is 43.2 Å². The number of aryl methyl sites for hydroxylation is 1. The Hall–Kier alpha value is -3.03. The molecule has 0 saturated heterocycles. The Bertz CT molecular complexity index is 830. The molecular weight excluding hydrogens is 372 g/mol. The van der Waals surface area contributed by atoms with Crippen molar-refractivity contribution in [3.05, 3.63) is 36.1 Å². The molecule has 3 rings (SSSR count). The largest absolute Gasteiger partial charge is 0.497 e. The molecule has 1 fully saturated rings. The molecule has 0 spiro atoms. The first-order valence-electron chi connectivity index (χ1n) is 9.96. The lowest BCUT2D eigenvalue weighted by molar-refractivity contribution is -0.116. The zero-order chi connectivity index (χ0) is 20.6. The predicted octanol–water partition coefficient (Wildman–Crippen LogP) is 4.04. The number of nitrogens with one attached hydrogen (secondary N) is 2.